The minimum absolute atomic E-state index is 0.527. The number of urea groups is 1. The number of carbonyl (C=O) groups excluding carboxylic acids is 1. The number of aryl methyl sites for hydroxylation is 1. The van der Waals surface area contributed by atoms with Crippen LogP contribution in [0.4, 0.5) is 10.5 Å². The highest BCUT2D eigenvalue weighted by molar-refractivity contribution is 9.10. The van der Waals surface area contributed by atoms with Crippen LogP contribution in [0.5, 0.6) is 0 Å². The van der Waals surface area contributed by atoms with E-state index in [2.05, 4.69) is 16.1 Å². The molecule has 0 aliphatic carbocycles. The Balaban J connectivity index is 2.95. The molecule has 1 aromatic carbocycles. The first-order valence-electron chi connectivity index (χ1n) is 3.43. The molecule has 0 fully saturated rings. The number of nitrogens with two attached hydrogens (primary N) is 1. The molecule has 0 radical (unpaired) electrons. The number of amides is 2. The van der Waals surface area contributed by atoms with Gasteiger partial charge in [-0.25, -0.2) is 8.72 Å². The second kappa shape index (κ2) is 3.58. The van der Waals surface area contributed by atoms with E-state index in [0.29, 0.717) is 0 Å². The Morgan fingerprint density at radius 2 is 2.25 bits per heavy atom. The van der Waals surface area contributed by atoms with Gasteiger partial charge in [-0.3, -0.25) is 0 Å². The zero-order valence-corrected chi connectivity index (χ0v) is 8.21. The SMILES string of the molecule is Cc1cccc(N(Br)C(N)=O)c1. The third-order valence-electron chi connectivity index (χ3n) is 1.42. The van der Waals surface area contributed by atoms with Crippen molar-refractivity contribution in [1.29, 1.82) is 0 Å². The Bertz CT molecular complexity index is 301. The van der Waals surface area contributed by atoms with Crippen LogP contribution in [0.2, 0.25) is 0 Å². The molecule has 12 heavy (non-hydrogen) atoms. The molecule has 0 aromatic heterocycles. The molecule has 0 saturated carbocycles. The Morgan fingerprint density at radius 1 is 1.58 bits per heavy atom. The van der Waals surface area contributed by atoms with Crippen molar-refractivity contribution in [2.45, 2.75) is 6.92 Å². The molecule has 0 spiro atoms. The standard InChI is InChI=1S/C8H9BrN2O/c1-6-3-2-4-7(5-6)11(9)8(10)12/h2-5H,1H3,(H2,10,12). The first kappa shape index (κ1) is 9.06. The van der Waals surface area contributed by atoms with Crippen LogP contribution in [0.25, 0.3) is 0 Å². The van der Waals surface area contributed by atoms with Crippen LogP contribution in [-0.4, -0.2) is 6.03 Å². The largest absolute Gasteiger partial charge is 0.350 e. The fourth-order valence-electron chi connectivity index (χ4n) is 0.877. The number of nitrogens with zero attached hydrogens (tertiary/aromatic N) is 1. The van der Waals surface area contributed by atoms with Gasteiger partial charge in [-0.05, 0) is 24.6 Å². The molecule has 0 atom stereocenters. The highest BCUT2D eigenvalue weighted by Gasteiger charge is 2.07. The van der Waals surface area contributed by atoms with Gasteiger partial charge in [0.15, 0.2) is 0 Å². The molecule has 0 aliphatic heterocycles. The number of hydrogen-bond donors (Lipinski definition) is 1. The lowest BCUT2D eigenvalue weighted by Gasteiger charge is -2.11. The first-order valence-corrected chi connectivity index (χ1v) is 4.14. The number of primary amides is 1. The Hall–Kier alpha value is -1.03. The van der Waals surface area contributed by atoms with Gasteiger partial charge in [0.05, 0.1) is 21.8 Å². The normalized spacial score (nSPS) is 9.50. The number of benzene rings is 1. The summed E-state index contributed by atoms with van der Waals surface area (Å²) in [6.07, 6.45) is 0. The smallest absolute Gasteiger partial charge is 0.329 e. The fourth-order valence-corrected chi connectivity index (χ4v) is 1.10. The number of hydrogen-bond acceptors (Lipinski definition) is 1. The molecule has 0 heterocycles. The second-order valence-electron chi connectivity index (χ2n) is 2.46. The predicted octanol–water partition coefficient (Wildman–Crippen LogP) is 2.19. The summed E-state index contributed by atoms with van der Waals surface area (Å²) in [4.78, 5) is 10.7. The van der Waals surface area contributed by atoms with E-state index >= 15 is 0 Å². The molecule has 64 valence electrons. The molecule has 0 bridgehead atoms. The summed E-state index contributed by atoms with van der Waals surface area (Å²) in [5.41, 5.74) is 6.88. The maximum absolute atomic E-state index is 10.7. The lowest BCUT2D eigenvalue weighted by Crippen LogP contribution is -2.26. The average molecular weight is 229 g/mol. The van der Waals surface area contributed by atoms with Gasteiger partial charge in [0, 0.05) is 0 Å². The van der Waals surface area contributed by atoms with Crippen LogP contribution in [0, 0.1) is 6.92 Å². The highest BCUT2D eigenvalue weighted by atomic mass is 79.9. The average Bonchev–Trinajstić information content (AvgIpc) is 2.03. The van der Waals surface area contributed by atoms with Crippen LogP contribution in [-0.2, 0) is 0 Å². The van der Waals surface area contributed by atoms with Crippen molar-refractivity contribution in [3.05, 3.63) is 29.8 Å². The van der Waals surface area contributed by atoms with Crippen molar-refractivity contribution >= 4 is 27.9 Å². The highest BCUT2D eigenvalue weighted by Crippen LogP contribution is 2.18. The zero-order chi connectivity index (χ0) is 9.14. The van der Waals surface area contributed by atoms with E-state index in [1.54, 1.807) is 6.07 Å². The molecule has 0 saturated heterocycles. The van der Waals surface area contributed by atoms with Crippen molar-refractivity contribution in [3.8, 4) is 0 Å². The summed E-state index contributed by atoms with van der Waals surface area (Å²) in [6.45, 7) is 1.95. The number of carbonyl (C=O) groups is 1. The fraction of sp³-hybridized carbons (Fsp3) is 0.125. The lowest BCUT2D eigenvalue weighted by molar-refractivity contribution is 0.257. The molecule has 2 N–H and O–H groups in total. The summed E-state index contributed by atoms with van der Waals surface area (Å²) < 4.78 is 1.22. The van der Waals surface area contributed by atoms with Gasteiger partial charge in [0.2, 0.25) is 0 Å². The minimum Gasteiger partial charge on any atom is -0.350 e. The van der Waals surface area contributed by atoms with Crippen LogP contribution < -0.4 is 9.66 Å². The Kier molecular flexibility index (Phi) is 2.70. The van der Waals surface area contributed by atoms with E-state index in [1.807, 2.05) is 25.1 Å². The van der Waals surface area contributed by atoms with Crippen molar-refractivity contribution in [1.82, 2.24) is 0 Å². The van der Waals surface area contributed by atoms with E-state index in [-0.39, 0.29) is 0 Å². The van der Waals surface area contributed by atoms with Crippen LogP contribution in [0.1, 0.15) is 5.56 Å². The predicted molar refractivity (Wildman–Crippen MR) is 52.2 cm³/mol. The summed E-state index contributed by atoms with van der Waals surface area (Å²) >= 11 is 3.04. The van der Waals surface area contributed by atoms with E-state index in [4.69, 9.17) is 5.73 Å². The molecule has 3 nitrogen and oxygen atoms in total. The van der Waals surface area contributed by atoms with Crippen LogP contribution in [0.3, 0.4) is 0 Å². The van der Waals surface area contributed by atoms with Crippen molar-refractivity contribution in [2.75, 3.05) is 3.93 Å². The number of halogens is 1. The third-order valence-corrected chi connectivity index (χ3v) is 2.18. The summed E-state index contributed by atoms with van der Waals surface area (Å²) in [5, 5.41) is 0. The van der Waals surface area contributed by atoms with E-state index < -0.39 is 6.03 Å². The summed E-state index contributed by atoms with van der Waals surface area (Å²) in [5.74, 6) is 0. The van der Waals surface area contributed by atoms with Crippen molar-refractivity contribution in [3.63, 3.8) is 0 Å². The van der Waals surface area contributed by atoms with Gasteiger partial charge in [-0.2, -0.15) is 0 Å². The molecular weight excluding hydrogens is 220 g/mol. The second-order valence-corrected chi connectivity index (χ2v) is 3.17. The van der Waals surface area contributed by atoms with Crippen LogP contribution >= 0.6 is 16.1 Å². The summed E-state index contributed by atoms with van der Waals surface area (Å²) in [6, 6.07) is 6.94. The van der Waals surface area contributed by atoms with Crippen LogP contribution in [0.15, 0.2) is 24.3 Å². The summed E-state index contributed by atoms with van der Waals surface area (Å²) in [7, 11) is 0. The molecule has 0 unspecified atom stereocenters. The molecule has 2 amide bonds. The van der Waals surface area contributed by atoms with Crippen molar-refractivity contribution < 1.29 is 4.79 Å². The monoisotopic (exact) mass is 228 g/mol. The van der Waals surface area contributed by atoms with E-state index in [0.717, 1.165) is 11.3 Å². The van der Waals surface area contributed by atoms with Gasteiger partial charge in [-0.1, -0.05) is 12.1 Å². The van der Waals surface area contributed by atoms with Crippen molar-refractivity contribution in [2.24, 2.45) is 5.73 Å². The van der Waals surface area contributed by atoms with Gasteiger partial charge in [0.1, 0.15) is 0 Å². The number of anilines is 1. The maximum Gasteiger partial charge on any atom is 0.329 e. The molecular formula is C8H9BrN2O. The first-order chi connectivity index (χ1) is 5.61. The topological polar surface area (TPSA) is 46.3 Å². The van der Waals surface area contributed by atoms with Gasteiger partial charge in [0.25, 0.3) is 0 Å². The Morgan fingerprint density at radius 3 is 2.75 bits per heavy atom. The quantitative estimate of drug-likeness (QED) is 0.737. The maximum atomic E-state index is 10.7. The third kappa shape index (κ3) is 1.98. The Labute approximate surface area is 79.5 Å². The lowest BCUT2D eigenvalue weighted by atomic mass is 10.2. The van der Waals surface area contributed by atoms with E-state index in [9.17, 15) is 4.79 Å². The molecule has 0 aliphatic rings. The molecule has 1 aromatic rings. The minimum atomic E-state index is -0.527. The zero-order valence-electron chi connectivity index (χ0n) is 6.62. The van der Waals surface area contributed by atoms with Gasteiger partial charge >= 0.3 is 6.03 Å². The van der Waals surface area contributed by atoms with E-state index in [1.165, 1.54) is 3.93 Å². The molecule has 4 heteroatoms. The van der Waals surface area contributed by atoms with Gasteiger partial charge < -0.3 is 5.73 Å². The number of rotatable bonds is 1. The molecule has 1 rings (SSSR count). The van der Waals surface area contributed by atoms with Gasteiger partial charge in [-0.15, -0.1) is 0 Å².